The normalized spacial score (nSPS) is 26.4. The monoisotopic (exact) mass is 311 g/mol. The van der Waals surface area contributed by atoms with E-state index in [9.17, 15) is 9.90 Å². The molecule has 0 amide bonds. The number of carboxylic acids is 1. The minimum atomic E-state index is -0.651. The minimum absolute atomic E-state index is 0.224. The predicted octanol–water partition coefficient (Wildman–Crippen LogP) is 2.18. The molecule has 2 aliphatic rings. The van der Waals surface area contributed by atoms with E-state index in [0.717, 1.165) is 24.2 Å². The molecule has 21 heavy (non-hydrogen) atoms. The third kappa shape index (κ3) is 2.81. The summed E-state index contributed by atoms with van der Waals surface area (Å²) in [5.74, 6) is 0.0505. The van der Waals surface area contributed by atoms with Gasteiger partial charge in [-0.15, -0.1) is 0 Å². The van der Waals surface area contributed by atoms with Crippen molar-refractivity contribution in [2.75, 3.05) is 13.1 Å². The smallest absolute Gasteiger partial charge is 0.308 e. The molecule has 3 rings (SSSR count). The summed E-state index contributed by atoms with van der Waals surface area (Å²) in [6.07, 6.45) is 3.23. The zero-order valence-corrected chi connectivity index (χ0v) is 13.3. The van der Waals surface area contributed by atoms with Gasteiger partial charge in [0.25, 0.3) is 0 Å². The Kier molecular flexibility index (Phi) is 3.97. The maximum Gasteiger partial charge on any atom is 0.308 e. The Labute approximate surface area is 129 Å². The summed E-state index contributed by atoms with van der Waals surface area (Å²) in [6, 6.07) is 0. The van der Waals surface area contributed by atoms with E-state index in [1.165, 1.54) is 12.8 Å². The zero-order chi connectivity index (χ0) is 15.1. The summed E-state index contributed by atoms with van der Waals surface area (Å²) in [4.78, 5) is 13.7. The van der Waals surface area contributed by atoms with Gasteiger partial charge in [-0.1, -0.05) is 18.5 Å². The third-order valence-electron chi connectivity index (χ3n) is 4.85. The predicted molar refractivity (Wildman–Crippen MR) is 80.2 cm³/mol. The molecule has 1 N–H and O–H groups in total. The zero-order valence-electron chi connectivity index (χ0n) is 12.5. The van der Waals surface area contributed by atoms with Gasteiger partial charge in [0.1, 0.15) is 5.15 Å². The van der Waals surface area contributed by atoms with E-state index >= 15 is 0 Å². The highest BCUT2D eigenvalue weighted by atomic mass is 35.5. The van der Waals surface area contributed by atoms with E-state index in [1.807, 2.05) is 7.05 Å². The van der Waals surface area contributed by atoms with E-state index in [4.69, 9.17) is 11.6 Å². The topological polar surface area (TPSA) is 58.4 Å². The van der Waals surface area contributed by atoms with Gasteiger partial charge in [0.2, 0.25) is 0 Å². The van der Waals surface area contributed by atoms with Crippen molar-refractivity contribution in [1.82, 2.24) is 14.7 Å². The summed E-state index contributed by atoms with van der Waals surface area (Å²) in [5.41, 5.74) is 2.08. The third-order valence-corrected chi connectivity index (χ3v) is 5.33. The Bertz CT molecular complexity index is 553. The molecule has 1 saturated heterocycles. The standard InChI is InChI=1S/C15H22ClN3O2/c1-3-13-12(14(16)18(2)17-13)8-19-6-10(9-4-5-9)11(7-19)15(20)21/h9-11H,3-8H2,1-2H3,(H,20,21)/t10-,11+/m0/s1. The number of carbonyl (C=O) groups is 1. The first-order valence-corrected chi connectivity index (χ1v) is 8.04. The number of aryl methyl sites for hydroxylation is 2. The molecule has 2 heterocycles. The maximum atomic E-state index is 11.5. The fraction of sp³-hybridized carbons (Fsp3) is 0.733. The number of carboxylic acid groups (broad SMARTS) is 1. The van der Waals surface area contributed by atoms with Crippen molar-refractivity contribution in [1.29, 1.82) is 0 Å². The maximum absolute atomic E-state index is 11.5. The van der Waals surface area contributed by atoms with Gasteiger partial charge in [0.05, 0.1) is 11.6 Å². The highest BCUT2D eigenvalue weighted by Gasteiger charge is 2.45. The fourth-order valence-corrected chi connectivity index (χ4v) is 3.78. The first-order valence-electron chi connectivity index (χ1n) is 7.66. The van der Waals surface area contributed by atoms with Gasteiger partial charge in [-0.3, -0.25) is 14.4 Å². The van der Waals surface area contributed by atoms with E-state index < -0.39 is 5.97 Å². The molecule has 6 heteroatoms. The van der Waals surface area contributed by atoms with Gasteiger partial charge < -0.3 is 5.11 Å². The Morgan fingerprint density at radius 2 is 2.14 bits per heavy atom. The second-order valence-electron chi connectivity index (χ2n) is 6.33. The lowest BCUT2D eigenvalue weighted by atomic mass is 9.92. The van der Waals surface area contributed by atoms with Gasteiger partial charge in [-0.2, -0.15) is 5.10 Å². The molecule has 2 fully saturated rings. The van der Waals surface area contributed by atoms with Gasteiger partial charge in [-0.05, 0) is 31.1 Å². The van der Waals surface area contributed by atoms with Gasteiger partial charge in [0.15, 0.2) is 0 Å². The van der Waals surface area contributed by atoms with Crippen LogP contribution in [0.25, 0.3) is 0 Å². The number of halogens is 1. The molecular formula is C15H22ClN3O2. The number of likely N-dealkylation sites (tertiary alicyclic amines) is 1. The molecule has 116 valence electrons. The minimum Gasteiger partial charge on any atom is -0.481 e. The molecule has 1 aliphatic carbocycles. The summed E-state index contributed by atoms with van der Waals surface area (Å²) in [5, 5.41) is 14.5. The second kappa shape index (κ2) is 5.61. The lowest BCUT2D eigenvalue weighted by Gasteiger charge is -2.15. The number of aliphatic carboxylic acids is 1. The van der Waals surface area contributed by atoms with Crippen molar-refractivity contribution < 1.29 is 9.90 Å². The Morgan fingerprint density at radius 3 is 2.71 bits per heavy atom. The van der Waals surface area contributed by atoms with Crippen LogP contribution in [0.1, 0.15) is 31.0 Å². The number of rotatable bonds is 5. The van der Waals surface area contributed by atoms with Crippen LogP contribution in [0.4, 0.5) is 0 Å². The van der Waals surface area contributed by atoms with Crippen molar-refractivity contribution >= 4 is 17.6 Å². The Morgan fingerprint density at radius 1 is 1.43 bits per heavy atom. The summed E-state index contributed by atoms with van der Waals surface area (Å²) in [7, 11) is 1.85. The van der Waals surface area contributed by atoms with E-state index in [2.05, 4.69) is 16.9 Å². The van der Waals surface area contributed by atoms with Crippen molar-refractivity contribution in [3.05, 3.63) is 16.4 Å². The van der Waals surface area contributed by atoms with Crippen molar-refractivity contribution in [2.24, 2.45) is 24.8 Å². The first-order chi connectivity index (χ1) is 10.0. The van der Waals surface area contributed by atoms with Crippen LogP contribution in [0.5, 0.6) is 0 Å². The van der Waals surface area contributed by atoms with Crippen molar-refractivity contribution in [3.63, 3.8) is 0 Å². The molecule has 0 spiro atoms. The van der Waals surface area contributed by atoms with Crippen molar-refractivity contribution in [3.8, 4) is 0 Å². The number of aromatic nitrogens is 2. The van der Waals surface area contributed by atoms with Crippen LogP contribution in [0.15, 0.2) is 0 Å². The van der Waals surface area contributed by atoms with Crippen LogP contribution >= 0.6 is 11.6 Å². The van der Waals surface area contributed by atoms with Crippen LogP contribution < -0.4 is 0 Å². The number of nitrogens with zero attached hydrogens (tertiary/aromatic N) is 3. The molecule has 1 aliphatic heterocycles. The molecule has 0 bridgehead atoms. The summed E-state index contributed by atoms with van der Waals surface area (Å²) >= 11 is 6.34. The van der Waals surface area contributed by atoms with Crippen LogP contribution in [-0.2, 0) is 24.8 Å². The van der Waals surface area contributed by atoms with E-state index in [1.54, 1.807) is 4.68 Å². The second-order valence-corrected chi connectivity index (χ2v) is 6.69. The molecular weight excluding hydrogens is 290 g/mol. The van der Waals surface area contributed by atoms with Crippen LogP contribution in [0, 0.1) is 17.8 Å². The van der Waals surface area contributed by atoms with Crippen LogP contribution in [0.2, 0.25) is 5.15 Å². The highest BCUT2D eigenvalue weighted by molar-refractivity contribution is 6.30. The number of hydrogen-bond donors (Lipinski definition) is 1. The molecule has 1 saturated carbocycles. The van der Waals surface area contributed by atoms with Crippen LogP contribution in [0.3, 0.4) is 0 Å². The molecule has 1 aromatic rings. The van der Waals surface area contributed by atoms with Gasteiger partial charge in [0, 0.05) is 32.2 Å². The molecule has 0 unspecified atom stereocenters. The highest BCUT2D eigenvalue weighted by Crippen LogP contribution is 2.44. The van der Waals surface area contributed by atoms with E-state index in [-0.39, 0.29) is 5.92 Å². The largest absolute Gasteiger partial charge is 0.481 e. The lowest BCUT2D eigenvalue weighted by Crippen LogP contribution is -2.24. The Balaban J connectivity index is 1.75. The average Bonchev–Trinajstić information content (AvgIpc) is 3.15. The van der Waals surface area contributed by atoms with Gasteiger partial charge >= 0.3 is 5.97 Å². The van der Waals surface area contributed by atoms with Crippen LogP contribution in [-0.4, -0.2) is 38.8 Å². The molecule has 1 aromatic heterocycles. The fourth-order valence-electron chi connectivity index (χ4n) is 3.57. The molecule has 0 aromatic carbocycles. The SMILES string of the molecule is CCc1nn(C)c(Cl)c1CN1C[C@@H](C(=O)O)[C@H](C2CC2)C1. The average molecular weight is 312 g/mol. The Hall–Kier alpha value is -1.07. The molecule has 2 atom stereocenters. The summed E-state index contributed by atoms with van der Waals surface area (Å²) < 4.78 is 1.71. The van der Waals surface area contributed by atoms with Gasteiger partial charge in [-0.25, -0.2) is 0 Å². The number of hydrogen-bond acceptors (Lipinski definition) is 3. The van der Waals surface area contributed by atoms with Crippen molar-refractivity contribution in [2.45, 2.75) is 32.7 Å². The summed E-state index contributed by atoms with van der Waals surface area (Å²) in [6.45, 7) is 4.28. The first kappa shape index (κ1) is 14.9. The van der Waals surface area contributed by atoms with E-state index in [0.29, 0.717) is 30.1 Å². The lowest BCUT2D eigenvalue weighted by molar-refractivity contribution is -0.142. The molecule has 0 radical (unpaired) electrons. The quantitative estimate of drug-likeness (QED) is 0.905. The molecule has 5 nitrogen and oxygen atoms in total.